The molecular formula is C14H13Cl2NS. The van der Waals surface area contributed by atoms with Crippen LogP contribution in [0.1, 0.15) is 16.8 Å². The summed E-state index contributed by atoms with van der Waals surface area (Å²) in [5, 5.41) is 1.48. The van der Waals surface area contributed by atoms with E-state index in [4.69, 9.17) is 23.2 Å². The number of aromatic nitrogens is 1. The van der Waals surface area contributed by atoms with Gasteiger partial charge in [0.05, 0.1) is 5.52 Å². The number of hydrogen-bond acceptors (Lipinski definition) is 2. The molecule has 1 aliphatic heterocycles. The van der Waals surface area contributed by atoms with E-state index in [0.717, 1.165) is 17.6 Å². The highest BCUT2D eigenvalue weighted by molar-refractivity contribution is 8.00. The van der Waals surface area contributed by atoms with Crippen LogP contribution in [0.15, 0.2) is 23.1 Å². The van der Waals surface area contributed by atoms with E-state index >= 15 is 0 Å². The lowest BCUT2D eigenvalue weighted by molar-refractivity contribution is 0.912. The van der Waals surface area contributed by atoms with Crippen LogP contribution in [-0.4, -0.2) is 15.1 Å². The van der Waals surface area contributed by atoms with Gasteiger partial charge >= 0.3 is 0 Å². The summed E-state index contributed by atoms with van der Waals surface area (Å²) in [5.41, 5.74) is 4.73. The van der Waals surface area contributed by atoms with Gasteiger partial charge in [0.2, 0.25) is 0 Å². The number of thioether (sulfide) groups is 1. The normalized spacial score (nSPS) is 18.6. The van der Waals surface area contributed by atoms with E-state index in [0.29, 0.717) is 0 Å². The van der Waals surface area contributed by atoms with Crippen molar-refractivity contribution < 1.29 is 0 Å². The maximum absolute atomic E-state index is 6.03. The molecule has 1 aliphatic rings. The SMILES string of the molecule is Cc1ccc2nc(C)c3c(c2c1)S[C@@H](C(Cl)Cl)C3. The summed E-state index contributed by atoms with van der Waals surface area (Å²) in [6, 6.07) is 6.39. The number of aryl methyl sites for hydroxylation is 2. The smallest absolute Gasteiger partial charge is 0.120 e. The number of fused-ring (bicyclic) bond motifs is 3. The van der Waals surface area contributed by atoms with E-state index in [1.54, 1.807) is 11.8 Å². The molecule has 0 spiro atoms. The zero-order valence-corrected chi connectivity index (χ0v) is 12.5. The molecule has 0 fully saturated rings. The van der Waals surface area contributed by atoms with Gasteiger partial charge in [0.25, 0.3) is 0 Å². The van der Waals surface area contributed by atoms with Gasteiger partial charge in [0, 0.05) is 21.2 Å². The predicted octanol–water partition coefficient (Wildman–Crippen LogP) is 4.67. The van der Waals surface area contributed by atoms with Crippen molar-refractivity contribution in [3.8, 4) is 0 Å². The van der Waals surface area contributed by atoms with Crippen molar-refractivity contribution >= 4 is 45.9 Å². The van der Waals surface area contributed by atoms with Gasteiger partial charge in [0.1, 0.15) is 4.84 Å². The number of benzene rings is 1. The molecular weight excluding hydrogens is 285 g/mol. The molecule has 0 N–H and O–H groups in total. The van der Waals surface area contributed by atoms with Crippen molar-refractivity contribution in [1.82, 2.24) is 4.98 Å². The molecule has 1 aromatic carbocycles. The Kier molecular flexibility index (Phi) is 3.21. The maximum Gasteiger partial charge on any atom is 0.120 e. The monoisotopic (exact) mass is 297 g/mol. The zero-order chi connectivity index (χ0) is 12.9. The predicted molar refractivity (Wildman–Crippen MR) is 80.1 cm³/mol. The lowest BCUT2D eigenvalue weighted by atomic mass is 10.0. The van der Waals surface area contributed by atoms with E-state index in [2.05, 4.69) is 37.0 Å². The molecule has 0 radical (unpaired) electrons. The zero-order valence-electron chi connectivity index (χ0n) is 10.2. The third kappa shape index (κ3) is 2.01. The maximum atomic E-state index is 6.03. The van der Waals surface area contributed by atoms with Crippen LogP contribution in [0.2, 0.25) is 0 Å². The first-order valence-electron chi connectivity index (χ1n) is 5.91. The summed E-state index contributed by atoms with van der Waals surface area (Å²) < 4.78 is 0. The summed E-state index contributed by atoms with van der Waals surface area (Å²) >= 11 is 13.9. The number of pyridine rings is 1. The summed E-state index contributed by atoms with van der Waals surface area (Å²) in [4.78, 5) is 5.67. The second kappa shape index (κ2) is 4.59. The van der Waals surface area contributed by atoms with Gasteiger partial charge in [-0.25, -0.2) is 0 Å². The van der Waals surface area contributed by atoms with Gasteiger partial charge in [-0.3, -0.25) is 4.98 Å². The Bertz CT molecular complexity index is 625. The van der Waals surface area contributed by atoms with Gasteiger partial charge in [-0.1, -0.05) is 11.6 Å². The third-order valence-corrected chi connectivity index (χ3v) is 5.70. The third-order valence-electron chi connectivity index (χ3n) is 3.35. The molecule has 0 saturated heterocycles. The number of alkyl halides is 2. The molecule has 94 valence electrons. The minimum Gasteiger partial charge on any atom is -0.253 e. The fraction of sp³-hybridized carbons (Fsp3) is 0.357. The molecule has 1 nitrogen and oxygen atoms in total. The van der Waals surface area contributed by atoms with Crippen LogP contribution >= 0.6 is 35.0 Å². The van der Waals surface area contributed by atoms with Gasteiger partial charge in [-0.2, -0.15) is 0 Å². The van der Waals surface area contributed by atoms with Gasteiger partial charge < -0.3 is 0 Å². The van der Waals surface area contributed by atoms with Crippen LogP contribution in [0.25, 0.3) is 10.9 Å². The van der Waals surface area contributed by atoms with Gasteiger partial charge in [-0.15, -0.1) is 35.0 Å². The molecule has 0 aliphatic carbocycles. The molecule has 3 rings (SSSR count). The minimum atomic E-state index is -0.332. The Hall–Kier alpha value is -0.440. The average molecular weight is 298 g/mol. The van der Waals surface area contributed by atoms with Crippen molar-refractivity contribution in [3.63, 3.8) is 0 Å². The standard InChI is InChI=1S/C14H13Cl2NS/c1-7-3-4-11-10(5-7)13-9(8(2)17-11)6-12(18-13)14(15)16/h3-5,12,14H,6H2,1-2H3/t12-/m1/s1. The van der Waals surface area contributed by atoms with Crippen LogP contribution in [0.4, 0.5) is 0 Å². The number of hydrogen-bond donors (Lipinski definition) is 0. The molecule has 1 atom stereocenters. The Balaban J connectivity index is 2.22. The Morgan fingerprint density at radius 1 is 1.33 bits per heavy atom. The van der Waals surface area contributed by atoms with Crippen molar-refractivity contribution in [2.75, 3.05) is 0 Å². The summed E-state index contributed by atoms with van der Waals surface area (Å²) in [5.74, 6) is 0. The first-order chi connectivity index (χ1) is 8.56. The first-order valence-corrected chi connectivity index (χ1v) is 7.66. The number of halogens is 2. The van der Waals surface area contributed by atoms with E-state index in [9.17, 15) is 0 Å². The lowest BCUT2D eigenvalue weighted by Gasteiger charge is -2.08. The van der Waals surface area contributed by atoms with E-state index in [1.807, 2.05) is 0 Å². The molecule has 1 aromatic heterocycles. The minimum absolute atomic E-state index is 0.245. The molecule has 0 unspecified atom stereocenters. The molecule has 0 saturated carbocycles. The molecule has 0 bridgehead atoms. The molecule has 0 amide bonds. The number of rotatable bonds is 1. The first kappa shape index (κ1) is 12.6. The average Bonchev–Trinajstić information content (AvgIpc) is 2.76. The highest BCUT2D eigenvalue weighted by Crippen LogP contribution is 2.45. The highest BCUT2D eigenvalue weighted by atomic mass is 35.5. The second-order valence-electron chi connectivity index (χ2n) is 4.72. The van der Waals surface area contributed by atoms with Crippen LogP contribution in [0.3, 0.4) is 0 Å². The summed E-state index contributed by atoms with van der Waals surface area (Å²) in [6.45, 7) is 4.17. The van der Waals surface area contributed by atoms with Crippen LogP contribution in [-0.2, 0) is 6.42 Å². The summed E-state index contributed by atoms with van der Waals surface area (Å²) in [6.07, 6.45) is 0.917. The summed E-state index contributed by atoms with van der Waals surface area (Å²) in [7, 11) is 0. The van der Waals surface area contributed by atoms with E-state index in [1.165, 1.54) is 21.4 Å². The Morgan fingerprint density at radius 3 is 2.83 bits per heavy atom. The topological polar surface area (TPSA) is 12.9 Å². The van der Waals surface area contributed by atoms with Crippen LogP contribution in [0.5, 0.6) is 0 Å². The number of nitrogens with zero attached hydrogens (tertiary/aromatic N) is 1. The fourth-order valence-corrected chi connectivity index (χ4v) is 4.22. The van der Waals surface area contributed by atoms with E-state index in [-0.39, 0.29) is 10.1 Å². The second-order valence-corrected chi connectivity index (χ2v) is 7.13. The van der Waals surface area contributed by atoms with Gasteiger partial charge in [-0.05, 0) is 38.0 Å². The highest BCUT2D eigenvalue weighted by Gasteiger charge is 2.30. The largest absolute Gasteiger partial charge is 0.253 e. The van der Waals surface area contributed by atoms with Crippen LogP contribution < -0.4 is 0 Å². The van der Waals surface area contributed by atoms with Crippen molar-refractivity contribution in [1.29, 1.82) is 0 Å². The fourth-order valence-electron chi connectivity index (χ4n) is 2.41. The molecule has 2 heterocycles. The van der Waals surface area contributed by atoms with Crippen LogP contribution in [0, 0.1) is 13.8 Å². The van der Waals surface area contributed by atoms with Gasteiger partial charge in [0.15, 0.2) is 0 Å². The molecule has 18 heavy (non-hydrogen) atoms. The quantitative estimate of drug-likeness (QED) is 0.709. The molecule has 4 heteroatoms. The Labute approximate surface area is 121 Å². The van der Waals surface area contributed by atoms with E-state index < -0.39 is 0 Å². The van der Waals surface area contributed by atoms with Crippen molar-refractivity contribution in [3.05, 3.63) is 35.0 Å². The van der Waals surface area contributed by atoms with Crippen molar-refractivity contribution in [2.24, 2.45) is 0 Å². The Morgan fingerprint density at radius 2 is 2.11 bits per heavy atom. The van der Waals surface area contributed by atoms with Crippen molar-refractivity contribution in [2.45, 2.75) is 35.2 Å². The lowest BCUT2D eigenvalue weighted by Crippen LogP contribution is -2.10. The molecule has 2 aromatic rings.